The van der Waals surface area contributed by atoms with Gasteiger partial charge >= 0.3 is 5.91 Å². The number of carbonyl (C=O) groups excluding carboxylic acids is 2. The third kappa shape index (κ3) is 2.72. The van der Waals surface area contributed by atoms with Crippen LogP contribution in [0.1, 0.15) is 6.92 Å². The number of nitrogens with zero attached hydrogens (tertiary/aromatic N) is 2. The van der Waals surface area contributed by atoms with Crippen molar-refractivity contribution in [3.8, 4) is 5.75 Å². The average Bonchev–Trinajstić information content (AvgIpc) is 2.91. The Morgan fingerprint density at radius 2 is 1.71 bits per heavy atom. The van der Waals surface area contributed by atoms with Gasteiger partial charge in [0.15, 0.2) is 5.78 Å². The van der Waals surface area contributed by atoms with E-state index in [0.29, 0.717) is 17.1 Å². The van der Waals surface area contributed by atoms with Gasteiger partial charge in [0.05, 0.1) is 35.6 Å². The van der Waals surface area contributed by atoms with Gasteiger partial charge in [-0.05, 0) is 36.4 Å². The smallest absolute Gasteiger partial charge is 0.306 e. The molecule has 1 saturated carbocycles. The number of hydrogen-bond donors (Lipinski definition) is 2. The van der Waals surface area contributed by atoms with Crippen LogP contribution in [0, 0.1) is 5.92 Å². The van der Waals surface area contributed by atoms with Gasteiger partial charge in [0.2, 0.25) is 0 Å². The third-order valence-electron chi connectivity index (χ3n) is 5.25. The van der Waals surface area contributed by atoms with Gasteiger partial charge in [-0.2, -0.15) is 5.01 Å². The number of quaternary nitrogens is 1. The molecule has 0 aromatic heterocycles. The summed E-state index contributed by atoms with van der Waals surface area (Å²) in [6.07, 6.45) is -1.39. The Balaban J connectivity index is 1.62. The van der Waals surface area contributed by atoms with E-state index in [1.54, 1.807) is 11.9 Å². The lowest BCUT2D eigenvalue weighted by Gasteiger charge is -2.41. The maximum absolute atomic E-state index is 13.0. The summed E-state index contributed by atoms with van der Waals surface area (Å²) in [5, 5.41) is 24.3. The van der Waals surface area contributed by atoms with Crippen LogP contribution in [0.3, 0.4) is 0 Å². The Hall–Kier alpha value is -3.29. The van der Waals surface area contributed by atoms with Crippen molar-refractivity contribution in [2.75, 3.05) is 12.1 Å². The van der Waals surface area contributed by atoms with Crippen molar-refractivity contribution in [2.45, 2.75) is 13.0 Å². The maximum atomic E-state index is 13.0. The molecule has 142 valence electrons. The molecule has 0 spiro atoms. The number of aromatic hydroxyl groups is 1. The van der Waals surface area contributed by atoms with E-state index < -0.39 is 17.8 Å². The lowest BCUT2D eigenvalue weighted by Crippen LogP contribution is -3.13. The first-order valence-corrected chi connectivity index (χ1v) is 8.92. The van der Waals surface area contributed by atoms with Crippen LogP contribution in [0.4, 0.5) is 11.4 Å². The summed E-state index contributed by atoms with van der Waals surface area (Å²) in [6.45, 7) is 1.76. The van der Waals surface area contributed by atoms with Crippen LogP contribution in [0.15, 0.2) is 70.9 Å². The minimum absolute atomic E-state index is 0.0739. The summed E-state index contributed by atoms with van der Waals surface area (Å²) < 4.78 is 0. The van der Waals surface area contributed by atoms with Gasteiger partial charge in [-0.15, -0.1) is 5.01 Å². The first kappa shape index (κ1) is 18.1. The van der Waals surface area contributed by atoms with Crippen LogP contribution in [-0.2, 0) is 9.59 Å². The van der Waals surface area contributed by atoms with Crippen molar-refractivity contribution in [2.24, 2.45) is 10.9 Å². The number of amides is 1. The number of rotatable bonds is 3. The molecule has 7 heteroatoms. The van der Waals surface area contributed by atoms with Crippen molar-refractivity contribution < 1.29 is 24.8 Å². The van der Waals surface area contributed by atoms with Gasteiger partial charge < -0.3 is 10.2 Å². The summed E-state index contributed by atoms with van der Waals surface area (Å²) in [6, 6.07) is 15.1. The van der Waals surface area contributed by atoms with E-state index in [9.17, 15) is 19.8 Å². The molecule has 1 aliphatic heterocycles. The molecule has 0 radical (unpaired) electrons. The highest BCUT2D eigenvalue weighted by Gasteiger charge is 2.51. The predicted molar refractivity (Wildman–Crippen MR) is 101 cm³/mol. The summed E-state index contributed by atoms with van der Waals surface area (Å²) in [4.78, 5) is 29.8. The largest absolute Gasteiger partial charge is 0.847 e. The minimum atomic E-state index is -1.39. The molecule has 0 saturated heterocycles. The number of hydrogen-bond acceptors (Lipinski definition) is 5. The molecule has 2 aromatic rings. The average molecular weight is 377 g/mol. The fourth-order valence-electron chi connectivity index (χ4n) is 3.62. The number of phenols is 1. The van der Waals surface area contributed by atoms with Crippen LogP contribution in [-0.4, -0.2) is 35.7 Å². The molecule has 4 rings (SSSR count). The van der Waals surface area contributed by atoms with Gasteiger partial charge in [0.1, 0.15) is 11.4 Å². The number of nitrogens with one attached hydrogen (secondary N) is 1. The summed E-state index contributed by atoms with van der Waals surface area (Å²) in [5.41, 5.74) is 1.96. The van der Waals surface area contributed by atoms with E-state index in [0.717, 1.165) is 5.01 Å². The van der Waals surface area contributed by atoms with Crippen LogP contribution in [0.5, 0.6) is 5.75 Å². The van der Waals surface area contributed by atoms with Gasteiger partial charge in [0, 0.05) is 6.92 Å². The van der Waals surface area contributed by atoms with Gasteiger partial charge in [0.25, 0.3) is 0 Å². The zero-order valence-electron chi connectivity index (χ0n) is 15.4. The van der Waals surface area contributed by atoms with E-state index in [-0.39, 0.29) is 22.9 Å². The topological polar surface area (TPSA) is 97.5 Å². The molecule has 1 amide bonds. The molecule has 3 unspecified atom stereocenters. The van der Waals surface area contributed by atoms with Gasteiger partial charge in [-0.1, -0.05) is 24.3 Å². The highest BCUT2D eigenvalue weighted by Crippen LogP contribution is 2.33. The van der Waals surface area contributed by atoms with E-state index in [1.165, 1.54) is 24.3 Å². The fourth-order valence-corrected chi connectivity index (χ4v) is 3.62. The lowest BCUT2D eigenvalue weighted by atomic mass is 9.72. The molecule has 2 aliphatic rings. The Morgan fingerprint density at radius 3 is 2.32 bits per heavy atom. The van der Waals surface area contributed by atoms with Crippen LogP contribution >= 0.6 is 0 Å². The van der Waals surface area contributed by atoms with Crippen LogP contribution in [0.2, 0.25) is 0 Å². The van der Waals surface area contributed by atoms with Crippen molar-refractivity contribution in [1.29, 1.82) is 0 Å². The number of ketones is 1. The molecule has 7 nitrogen and oxygen atoms in total. The molecule has 2 aromatic carbocycles. The van der Waals surface area contributed by atoms with E-state index in [4.69, 9.17) is 0 Å². The van der Waals surface area contributed by atoms with Crippen LogP contribution in [0.25, 0.3) is 0 Å². The Labute approximate surface area is 161 Å². The van der Waals surface area contributed by atoms with E-state index >= 15 is 0 Å². The van der Waals surface area contributed by atoms with E-state index in [1.807, 2.05) is 37.4 Å². The number of benzene rings is 2. The Bertz CT molecular complexity index is 1010. The predicted octanol–water partition coefficient (Wildman–Crippen LogP) is 0.143. The number of Topliss-reactive ketones (excluding diaryl/α,β-unsaturated/α-hetero) is 1. The minimum Gasteiger partial charge on any atom is -0.847 e. The summed E-state index contributed by atoms with van der Waals surface area (Å²) in [5.74, 6) is -1.70. The highest BCUT2D eigenvalue weighted by molar-refractivity contribution is 6.51. The van der Waals surface area contributed by atoms with Gasteiger partial charge in [-0.25, -0.2) is 0 Å². The number of aliphatic imine (C=N–C) groups is 1. The second kappa shape index (κ2) is 6.70. The normalized spacial score (nSPS) is 26.2. The van der Waals surface area contributed by atoms with Crippen molar-refractivity contribution in [1.82, 2.24) is 0 Å². The van der Waals surface area contributed by atoms with Crippen molar-refractivity contribution in [3.05, 3.63) is 65.9 Å². The lowest BCUT2D eigenvalue weighted by molar-refractivity contribution is -0.837. The molecule has 1 aliphatic carbocycles. The fraction of sp³-hybridized carbons (Fsp3) is 0.190. The monoisotopic (exact) mass is 377 g/mol. The Morgan fingerprint density at radius 1 is 1.07 bits per heavy atom. The van der Waals surface area contributed by atoms with Gasteiger partial charge in [-0.3, -0.25) is 14.6 Å². The van der Waals surface area contributed by atoms with Crippen molar-refractivity contribution in [3.63, 3.8) is 0 Å². The second-order valence-corrected chi connectivity index (χ2v) is 6.88. The zero-order valence-corrected chi connectivity index (χ0v) is 15.4. The number of para-hydroxylation sites is 1. The molecular weight excluding hydrogens is 358 g/mol. The number of carbonyl (C=O) groups is 2. The maximum Gasteiger partial charge on any atom is 0.306 e. The highest BCUT2D eigenvalue weighted by atomic mass is 16.3. The van der Waals surface area contributed by atoms with Crippen LogP contribution < -0.4 is 15.1 Å². The summed E-state index contributed by atoms with van der Waals surface area (Å²) in [7, 11) is 1.81. The molecule has 0 bridgehead atoms. The second-order valence-electron chi connectivity index (χ2n) is 6.88. The molecule has 28 heavy (non-hydrogen) atoms. The van der Waals surface area contributed by atoms with Crippen molar-refractivity contribution >= 4 is 28.8 Å². The third-order valence-corrected chi connectivity index (χ3v) is 5.25. The Kier molecular flexibility index (Phi) is 4.33. The number of anilines is 1. The molecule has 2 N–H and O–H groups in total. The number of phenolic OH excluding ortho intramolecular Hbond substituents is 1. The first-order chi connectivity index (χ1) is 13.4. The standard InChI is InChI=1S/C21H18N3O4/c1-12-16(21(28)24(23(12)2)14-6-4-3-5-7-14)17-19(26)18(20(17)27)22-13-8-10-15(25)11-9-13/h3-11,17,19,25H,1-2H3/q-1/p+1. The molecule has 1 fully saturated rings. The summed E-state index contributed by atoms with van der Waals surface area (Å²) >= 11 is 0. The molecule has 3 atom stereocenters. The number of allylic oxidation sites excluding steroid dienone is 1. The quantitative estimate of drug-likeness (QED) is 0.795. The van der Waals surface area contributed by atoms with E-state index in [2.05, 4.69) is 4.99 Å². The zero-order chi connectivity index (χ0) is 20.0. The molecular formula is C21H19N3O4. The first-order valence-electron chi connectivity index (χ1n) is 8.92. The SMILES string of the molecule is CC1=C(C2C(=O)C(=Nc3ccc(O)cc3)C2[O-])C(=O)N(c2ccccc2)[NH+]1C. The molecule has 1 heterocycles.